The van der Waals surface area contributed by atoms with Crippen LogP contribution in [0.4, 0.5) is 5.82 Å². The van der Waals surface area contributed by atoms with Crippen molar-refractivity contribution in [2.45, 2.75) is 52.2 Å². The van der Waals surface area contributed by atoms with Crippen LogP contribution in [-0.2, 0) is 20.9 Å². The molecule has 12 nitrogen and oxygen atoms in total. The fourth-order valence-electron chi connectivity index (χ4n) is 5.95. The average Bonchev–Trinajstić information content (AvgIpc) is 3.39. The fourth-order valence-corrected chi connectivity index (χ4v) is 6.29. The van der Waals surface area contributed by atoms with E-state index in [0.717, 1.165) is 11.1 Å². The first kappa shape index (κ1) is 28.6. The summed E-state index contributed by atoms with van der Waals surface area (Å²) in [6.45, 7) is 4.90. The number of halogens is 1. The number of Topliss-reactive ketones (excluding diaryl/α,β-unsaturated/α-hetero) is 1. The number of ketones is 1. The van der Waals surface area contributed by atoms with Crippen molar-refractivity contribution in [3.8, 4) is 11.1 Å². The minimum atomic E-state index is -0.761. The Morgan fingerprint density at radius 2 is 1.81 bits per heavy atom. The molecule has 2 aliphatic rings. The quantitative estimate of drug-likeness (QED) is 0.219. The predicted octanol–water partition coefficient (Wildman–Crippen LogP) is 3.30. The highest BCUT2D eigenvalue weighted by atomic mass is 79.9. The van der Waals surface area contributed by atoms with Gasteiger partial charge in [0.1, 0.15) is 34.5 Å². The SMILES string of the molecule is CC(=O)NC[C@@]12C[C@@H]1N(C(=O)Cn1nc(C(C)=O)c3cc(-c4cnc(C)nc4)ccc31)[C@H](C(=O)Nc1cccc(Br)n1)C2. The van der Waals surface area contributed by atoms with Crippen LogP contribution in [-0.4, -0.2) is 71.8 Å². The van der Waals surface area contributed by atoms with Gasteiger partial charge in [-0.15, -0.1) is 0 Å². The number of nitrogens with one attached hydrogen (secondary N) is 2. The third kappa shape index (κ3) is 5.52. The van der Waals surface area contributed by atoms with Crippen LogP contribution in [0.25, 0.3) is 22.0 Å². The molecule has 1 saturated carbocycles. The van der Waals surface area contributed by atoms with E-state index in [9.17, 15) is 19.2 Å². The Hall–Kier alpha value is -4.52. The molecule has 0 unspecified atom stereocenters. The van der Waals surface area contributed by atoms with E-state index in [1.807, 2.05) is 18.2 Å². The molecule has 0 radical (unpaired) electrons. The summed E-state index contributed by atoms with van der Waals surface area (Å²) in [6.07, 6.45) is 4.52. The molecule has 2 N–H and O–H groups in total. The molecule has 3 aromatic heterocycles. The molecule has 220 valence electrons. The number of benzene rings is 1. The van der Waals surface area contributed by atoms with Crippen molar-refractivity contribution in [2.75, 3.05) is 11.9 Å². The number of anilines is 1. The topological polar surface area (TPSA) is 152 Å². The van der Waals surface area contributed by atoms with Crippen molar-refractivity contribution in [1.82, 2.24) is 34.9 Å². The Balaban J connectivity index is 1.30. The lowest BCUT2D eigenvalue weighted by molar-refractivity contribution is -0.138. The second kappa shape index (κ2) is 11.0. The molecular formula is C30H29BrN8O4. The van der Waals surface area contributed by atoms with Crippen molar-refractivity contribution in [3.05, 3.63) is 64.9 Å². The van der Waals surface area contributed by atoms with E-state index in [1.165, 1.54) is 18.5 Å². The Bertz CT molecular complexity index is 1790. The molecule has 2 fully saturated rings. The van der Waals surface area contributed by atoms with Crippen molar-refractivity contribution in [3.63, 3.8) is 0 Å². The zero-order valence-electron chi connectivity index (χ0n) is 23.8. The number of hydrogen-bond acceptors (Lipinski definition) is 8. The summed E-state index contributed by atoms with van der Waals surface area (Å²) in [5.41, 5.74) is 2.10. The van der Waals surface area contributed by atoms with Crippen LogP contribution in [0.15, 0.2) is 53.4 Å². The van der Waals surface area contributed by atoms with Gasteiger partial charge in [0.05, 0.1) is 5.52 Å². The lowest BCUT2D eigenvalue weighted by atomic mass is 9.99. The maximum Gasteiger partial charge on any atom is 0.248 e. The van der Waals surface area contributed by atoms with Crippen LogP contribution in [0.2, 0.25) is 0 Å². The zero-order valence-corrected chi connectivity index (χ0v) is 25.4. The largest absolute Gasteiger partial charge is 0.356 e. The highest BCUT2D eigenvalue weighted by Crippen LogP contribution is 2.59. The number of hydrogen-bond donors (Lipinski definition) is 2. The molecule has 0 bridgehead atoms. The van der Waals surface area contributed by atoms with Gasteiger partial charge in [0, 0.05) is 55.2 Å². The number of nitrogens with zero attached hydrogens (tertiary/aromatic N) is 6. The van der Waals surface area contributed by atoms with Crippen LogP contribution >= 0.6 is 15.9 Å². The standard InChI is InChI=1S/C30H29BrN8O4/c1-16(40)28-21-9-19(20-12-32-17(2)33-13-20)7-8-22(21)38(37-28)14-27(42)39-23(10-30(11-24(30)39)15-34-18(3)41)29(43)36-26-6-4-5-25(31)35-26/h4-9,12-13,23-24H,10-11,14-15H2,1-3H3,(H,34,41)(H,35,36,43)/t23-,24-,30+/m0/s1. The molecule has 0 spiro atoms. The number of piperidine rings is 1. The molecule has 3 atom stereocenters. The number of aromatic nitrogens is 5. The van der Waals surface area contributed by atoms with Crippen molar-refractivity contribution >= 4 is 56.2 Å². The van der Waals surface area contributed by atoms with Crippen molar-refractivity contribution < 1.29 is 19.2 Å². The van der Waals surface area contributed by atoms with Crippen LogP contribution in [0.5, 0.6) is 0 Å². The van der Waals surface area contributed by atoms with E-state index < -0.39 is 6.04 Å². The van der Waals surface area contributed by atoms with Gasteiger partial charge in [-0.25, -0.2) is 15.0 Å². The Morgan fingerprint density at radius 1 is 1.05 bits per heavy atom. The van der Waals surface area contributed by atoms with E-state index in [4.69, 9.17) is 0 Å². The number of rotatable bonds is 8. The van der Waals surface area contributed by atoms with E-state index in [0.29, 0.717) is 46.5 Å². The molecule has 1 aliphatic carbocycles. The molecule has 4 heterocycles. The van der Waals surface area contributed by atoms with Crippen molar-refractivity contribution in [2.24, 2.45) is 5.41 Å². The highest BCUT2D eigenvalue weighted by molar-refractivity contribution is 9.10. The Morgan fingerprint density at radius 3 is 2.51 bits per heavy atom. The highest BCUT2D eigenvalue weighted by Gasteiger charge is 2.67. The molecule has 43 heavy (non-hydrogen) atoms. The summed E-state index contributed by atoms with van der Waals surface area (Å²) in [4.78, 5) is 66.2. The Labute approximate surface area is 255 Å². The average molecular weight is 646 g/mol. The van der Waals surface area contributed by atoms with E-state index in [1.54, 1.807) is 42.4 Å². The number of carbonyl (C=O) groups excluding carboxylic acids is 4. The molecule has 4 aromatic rings. The second-order valence-corrected chi connectivity index (χ2v) is 12.0. The van der Waals surface area contributed by atoms with Crippen LogP contribution in [0.3, 0.4) is 0 Å². The molecule has 3 amide bonds. The summed E-state index contributed by atoms with van der Waals surface area (Å²) in [5, 5.41) is 10.8. The lowest BCUT2D eigenvalue weighted by Gasteiger charge is -2.27. The number of carbonyl (C=O) groups is 4. The van der Waals surface area contributed by atoms with Gasteiger partial charge in [0.25, 0.3) is 0 Å². The monoisotopic (exact) mass is 644 g/mol. The number of pyridine rings is 1. The fraction of sp³-hybridized carbons (Fsp3) is 0.333. The minimum absolute atomic E-state index is 0.164. The molecular weight excluding hydrogens is 616 g/mol. The summed E-state index contributed by atoms with van der Waals surface area (Å²) in [5.74, 6) is -0.0371. The second-order valence-electron chi connectivity index (χ2n) is 11.2. The van der Waals surface area contributed by atoms with Gasteiger partial charge in [-0.05, 0) is 65.5 Å². The van der Waals surface area contributed by atoms with E-state index >= 15 is 0 Å². The molecule has 1 aliphatic heterocycles. The maximum atomic E-state index is 14.0. The van der Waals surface area contributed by atoms with Gasteiger partial charge in [0.15, 0.2) is 5.78 Å². The third-order valence-electron chi connectivity index (χ3n) is 8.15. The van der Waals surface area contributed by atoms with Gasteiger partial charge in [0.2, 0.25) is 17.7 Å². The van der Waals surface area contributed by atoms with E-state index in [2.05, 4.69) is 46.6 Å². The van der Waals surface area contributed by atoms with E-state index in [-0.39, 0.29) is 47.2 Å². The summed E-state index contributed by atoms with van der Waals surface area (Å²) in [6, 6.07) is 9.76. The minimum Gasteiger partial charge on any atom is -0.356 e. The number of likely N-dealkylation sites (tertiary alicyclic amines) is 1. The summed E-state index contributed by atoms with van der Waals surface area (Å²) in [7, 11) is 0. The van der Waals surface area contributed by atoms with Gasteiger partial charge in [-0.3, -0.25) is 23.9 Å². The molecule has 1 saturated heterocycles. The first-order valence-corrected chi connectivity index (χ1v) is 14.6. The normalized spacial score (nSPS) is 20.5. The van der Waals surface area contributed by atoms with Gasteiger partial charge >= 0.3 is 0 Å². The summed E-state index contributed by atoms with van der Waals surface area (Å²) < 4.78 is 2.09. The predicted molar refractivity (Wildman–Crippen MR) is 161 cm³/mol. The van der Waals surface area contributed by atoms with Crippen LogP contribution < -0.4 is 10.6 Å². The first-order chi connectivity index (χ1) is 20.5. The van der Waals surface area contributed by atoms with Crippen LogP contribution in [0, 0.1) is 12.3 Å². The maximum absolute atomic E-state index is 14.0. The smallest absolute Gasteiger partial charge is 0.248 e. The first-order valence-electron chi connectivity index (χ1n) is 13.8. The van der Waals surface area contributed by atoms with Crippen molar-refractivity contribution in [1.29, 1.82) is 0 Å². The van der Waals surface area contributed by atoms with Crippen LogP contribution in [0.1, 0.15) is 43.0 Å². The number of amides is 3. The lowest BCUT2D eigenvalue weighted by Crippen LogP contribution is -2.46. The number of aryl methyl sites for hydroxylation is 1. The Kier molecular flexibility index (Phi) is 7.28. The van der Waals surface area contributed by atoms with Gasteiger partial charge in [-0.1, -0.05) is 12.1 Å². The molecule has 6 rings (SSSR count). The van der Waals surface area contributed by atoms with Gasteiger partial charge < -0.3 is 15.5 Å². The summed E-state index contributed by atoms with van der Waals surface area (Å²) >= 11 is 3.31. The third-order valence-corrected chi connectivity index (χ3v) is 8.59. The van der Waals surface area contributed by atoms with Gasteiger partial charge in [-0.2, -0.15) is 5.10 Å². The zero-order chi connectivity index (χ0) is 30.5. The molecule has 1 aromatic carbocycles. The number of fused-ring (bicyclic) bond motifs is 2. The molecule has 13 heteroatoms.